The third-order valence-corrected chi connectivity index (χ3v) is 3.18. The molecule has 4 aromatic rings. The molecule has 2 heterocycles. The van der Waals surface area contributed by atoms with Gasteiger partial charge in [-0.2, -0.15) is 0 Å². The van der Waals surface area contributed by atoms with Crippen LogP contribution in [0.2, 0.25) is 0 Å². The third kappa shape index (κ3) is 1.32. The number of rotatable bonds is 1. The van der Waals surface area contributed by atoms with Crippen LogP contribution in [0.4, 0.5) is 0 Å². The van der Waals surface area contributed by atoms with Crippen molar-refractivity contribution in [2.45, 2.75) is 0 Å². The molecule has 2 N–H and O–H groups in total. The van der Waals surface area contributed by atoms with Gasteiger partial charge >= 0.3 is 0 Å². The van der Waals surface area contributed by atoms with E-state index in [4.69, 9.17) is 0 Å². The highest BCUT2D eigenvalue weighted by atomic mass is 14.9. The minimum Gasteiger partial charge on any atom is -0.345 e. The lowest BCUT2D eigenvalue weighted by molar-refractivity contribution is 1.34. The van der Waals surface area contributed by atoms with E-state index in [1.165, 1.54) is 0 Å². The number of hydrogen-bond acceptors (Lipinski definition) is 2. The van der Waals surface area contributed by atoms with E-state index in [1.54, 1.807) is 12.7 Å². The summed E-state index contributed by atoms with van der Waals surface area (Å²) in [5.41, 5.74) is 6.38. The molecule has 2 aromatic heterocycles. The predicted octanol–water partition coefficient (Wildman–Crippen LogP) is 3.11. The first-order valence-corrected chi connectivity index (χ1v) is 5.77. The molecule has 86 valence electrons. The fraction of sp³-hybridized carbons (Fsp3) is 0. The summed E-state index contributed by atoms with van der Waals surface area (Å²) in [5.74, 6) is 0. The van der Waals surface area contributed by atoms with Crippen LogP contribution in [-0.4, -0.2) is 19.9 Å². The van der Waals surface area contributed by atoms with E-state index in [-0.39, 0.29) is 0 Å². The van der Waals surface area contributed by atoms with Crippen LogP contribution in [0, 0.1) is 0 Å². The summed E-state index contributed by atoms with van der Waals surface area (Å²) >= 11 is 0. The van der Waals surface area contributed by atoms with Gasteiger partial charge in [0.2, 0.25) is 0 Å². The molecule has 0 saturated heterocycles. The van der Waals surface area contributed by atoms with Crippen LogP contribution in [0.15, 0.2) is 49.1 Å². The SMILES string of the molecule is c1nc2cc(-c3ccc4[nH]cnc4c3)ccc2[nH]1. The Kier molecular flexibility index (Phi) is 1.80. The van der Waals surface area contributed by atoms with E-state index in [2.05, 4.69) is 44.2 Å². The van der Waals surface area contributed by atoms with Crippen molar-refractivity contribution >= 4 is 22.1 Å². The lowest BCUT2D eigenvalue weighted by atomic mass is 10.0. The van der Waals surface area contributed by atoms with Crippen molar-refractivity contribution in [2.24, 2.45) is 0 Å². The molecule has 0 bridgehead atoms. The molecule has 0 amide bonds. The standard InChI is InChI=1S/C14H10N4/c1-3-11-13(17-7-15-11)5-9(1)10-2-4-12-14(6-10)18-8-16-12/h1-8H,(H,15,17)(H,16,18). The van der Waals surface area contributed by atoms with E-state index in [0.29, 0.717) is 0 Å². The van der Waals surface area contributed by atoms with Crippen LogP contribution in [0.5, 0.6) is 0 Å². The second-order valence-electron chi connectivity index (χ2n) is 4.27. The number of benzene rings is 2. The quantitative estimate of drug-likeness (QED) is 0.531. The van der Waals surface area contributed by atoms with Crippen molar-refractivity contribution in [3.63, 3.8) is 0 Å². The summed E-state index contributed by atoms with van der Waals surface area (Å²) in [6.07, 6.45) is 3.43. The molecule has 0 fully saturated rings. The Morgan fingerprint density at radius 3 is 1.67 bits per heavy atom. The number of nitrogens with zero attached hydrogens (tertiary/aromatic N) is 2. The second kappa shape index (κ2) is 3.43. The summed E-state index contributed by atoms with van der Waals surface area (Å²) in [7, 11) is 0. The number of H-pyrrole nitrogens is 2. The molecule has 0 radical (unpaired) electrons. The van der Waals surface area contributed by atoms with E-state index in [9.17, 15) is 0 Å². The Balaban J connectivity index is 1.93. The number of aromatic nitrogens is 4. The maximum atomic E-state index is 4.28. The largest absolute Gasteiger partial charge is 0.345 e. The van der Waals surface area contributed by atoms with Crippen LogP contribution in [0.3, 0.4) is 0 Å². The van der Waals surface area contributed by atoms with Crippen molar-refractivity contribution < 1.29 is 0 Å². The van der Waals surface area contributed by atoms with Gasteiger partial charge in [0.1, 0.15) is 0 Å². The fourth-order valence-corrected chi connectivity index (χ4v) is 2.22. The van der Waals surface area contributed by atoms with E-state index >= 15 is 0 Å². The van der Waals surface area contributed by atoms with Gasteiger partial charge in [-0.15, -0.1) is 0 Å². The summed E-state index contributed by atoms with van der Waals surface area (Å²) in [6.45, 7) is 0. The number of hydrogen-bond donors (Lipinski definition) is 2. The van der Waals surface area contributed by atoms with Gasteiger partial charge in [-0.3, -0.25) is 0 Å². The number of nitrogens with one attached hydrogen (secondary N) is 2. The monoisotopic (exact) mass is 234 g/mol. The summed E-state index contributed by atoms with van der Waals surface area (Å²) < 4.78 is 0. The van der Waals surface area contributed by atoms with Gasteiger partial charge in [0.25, 0.3) is 0 Å². The third-order valence-electron chi connectivity index (χ3n) is 3.18. The van der Waals surface area contributed by atoms with Gasteiger partial charge in [0.15, 0.2) is 0 Å². The van der Waals surface area contributed by atoms with Gasteiger partial charge < -0.3 is 9.97 Å². The van der Waals surface area contributed by atoms with E-state index in [0.717, 1.165) is 33.2 Å². The van der Waals surface area contributed by atoms with Crippen molar-refractivity contribution in [3.05, 3.63) is 49.1 Å². The van der Waals surface area contributed by atoms with Gasteiger partial charge in [-0.1, -0.05) is 12.1 Å². The first-order chi connectivity index (χ1) is 8.90. The average molecular weight is 234 g/mol. The van der Waals surface area contributed by atoms with Crippen molar-refractivity contribution in [3.8, 4) is 11.1 Å². The minimum absolute atomic E-state index is 0.981. The van der Waals surface area contributed by atoms with Gasteiger partial charge in [-0.25, -0.2) is 9.97 Å². The van der Waals surface area contributed by atoms with Gasteiger partial charge in [0.05, 0.1) is 34.7 Å². The Morgan fingerprint density at radius 1 is 0.667 bits per heavy atom. The van der Waals surface area contributed by atoms with E-state index in [1.807, 2.05) is 12.1 Å². The molecule has 0 aliphatic rings. The summed E-state index contributed by atoms with van der Waals surface area (Å²) in [4.78, 5) is 14.8. The van der Waals surface area contributed by atoms with Crippen LogP contribution in [0.25, 0.3) is 33.2 Å². The van der Waals surface area contributed by atoms with Crippen molar-refractivity contribution in [1.82, 2.24) is 19.9 Å². The lowest BCUT2D eigenvalue weighted by Crippen LogP contribution is -1.79. The average Bonchev–Trinajstić information content (AvgIpc) is 3.05. The van der Waals surface area contributed by atoms with Crippen molar-refractivity contribution in [1.29, 1.82) is 0 Å². The zero-order valence-electron chi connectivity index (χ0n) is 9.51. The van der Waals surface area contributed by atoms with Crippen LogP contribution < -0.4 is 0 Å². The molecule has 0 unspecified atom stereocenters. The topological polar surface area (TPSA) is 57.4 Å². The molecule has 4 heteroatoms. The Labute approximate surface area is 103 Å². The highest BCUT2D eigenvalue weighted by molar-refractivity contribution is 5.85. The van der Waals surface area contributed by atoms with Crippen LogP contribution in [-0.2, 0) is 0 Å². The Hall–Kier alpha value is -2.62. The van der Waals surface area contributed by atoms with Crippen LogP contribution >= 0.6 is 0 Å². The van der Waals surface area contributed by atoms with E-state index < -0.39 is 0 Å². The Bertz CT molecular complexity index is 769. The molecule has 0 saturated carbocycles. The molecule has 0 aliphatic heterocycles. The number of aromatic amines is 2. The zero-order valence-corrected chi connectivity index (χ0v) is 9.51. The molecule has 18 heavy (non-hydrogen) atoms. The normalized spacial score (nSPS) is 11.3. The summed E-state index contributed by atoms with van der Waals surface area (Å²) in [6, 6.07) is 12.4. The Morgan fingerprint density at radius 2 is 1.17 bits per heavy atom. The molecule has 0 spiro atoms. The molecule has 4 nitrogen and oxygen atoms in total. The van der Waals surface area contributed by atoms with Crippen LogP contribution in [0.1, 0.15) is 0 Å². The summed E-state index contributed by atoms with van der Waals surface area (Å²) in [5, 5.41) is 0. The molecular formula is C14H10N4. The maximum Gasteiger partial charge on any atom is 0.0931 e. The maximum absolute atomic E-state index is 4.28. The van der Waals surface area contributed by atoms with Gasteiger partial charge in [-0.05, 0) is 35.4 Å². The molecule has 4 rings (SSSR count). The fourth-order valence-electron chi connectivity index (χ4n) is 2.22. The smallest absolute Gasteiger partial charge is 0.0931 e. The minimum atomic E-state index is 0.981. The zero-order chi connectivity index (χ0) is 11.9. The molecular weight excluding hydrogens is 224 g/mol. The lowest BCUT2D eigenvalue weighted by Gasteiger charge is -2.01. The highest BCUT2D eigenvalue weighted by Crippen LogP contribution is 2.25. The number of imidazole rings is 2. The molecule has 0 aliphatic carbocycles. The first-order valence-electron chi connectivity index (χ1n) is 5.77. The van der Waals surface area contributed by atoms with Crippen molar-refractivity contribution in [2.75, 3.05) is 0 Å². The second-order valence-corrected chi connectivity index (χ2v) is 4.27. The predicted molar refractivity (Wildman–Crippen MR) is 71.2 cm³/mol. The highest BCUT2D eigenvalue weighted by Gasteiger charge is 2.03. The first kappa shape index (κ1) is 9.41. The number of fused-ring (bicyclic) bond motifs is 2. The molecule has 0 atom stereocenters. The molecule has 2 aromatic carbocycles. The van der Waals surface area contributed by atoms with Gasteiger partial charge in [0, 0.05) is 0 Å².